The van der Waals surface area contributed by atoms with Crippen molar-refractivity contribution in [3.05, 3.63) is 54.4 Å². The molecule has 2 saturated heterocycles. The molecular weight excluding hydrogens is 420 g/mol. The number of benzene rings is 1. The number of carboxylic acid groups (broad SMARTS) is 1. The molecule has 3 heterocycles. The average molecular weight is 440 g/mol. The van der Waals surface area contributed by atoms with E-state index in [1.165, 1.54) is 18.5 Å². The van der Waals surface area contributed by atoms with Crippen molar-refractivity contribution in [2.75, 3.05) is 24.5 Å². The highest BCUT2D eigenvalue weighted by Gasteiger charge is 2.47. The lowest BCUT2D eigenvalue weighted by Gasteiger charge is -2.24. The summed E-state index contributed by atoms with van der Waals surface area (Å²) >= 11 is 0. The summed E-state index contributed by atoms with van der Waals surface area (Å²) in [4.78, 5) is 33.5. The minimum atomic E-state index is -5.08. The van der Waals surface area contributed by atoms with Crippen LogP contribution in [0.25, 0.3) is 0 Å². The van der Waals surface area contributed by atoms with Crippen molar-refractivity contribution in [2.24, 2.45) is 5.41 Å². The number of aliphatic carboxylic acids is 1. The van der Waals surface area contributed by atoms with E-state index in [-0.39, 0.29) is 17.1 Å². The molecule has 0 saturated carbocycles. The maximum absolute atomic E-state index is 13.0. The molecule has 0 aliphatic carbocycles. The van der Waals surface area contributed by atoms with Crippen LogP contribution in [0.1, 0.15) is 18.4 Å². The molecule has 1 aromatic heterocycles. The summed E-state index contributed by atoms with van der Waals surface area (Å²) in [5.74, 6) is -2.82. The van der Waals surface area contributed by atoms with Gasteiger partial charge in [-0.05, 0) is 30.7 Å². The van der Waals surface area contributed by atoms with Crippen molar-refractivity contribution in [2.45, 2.75) is 25.6 Å². The van der Waals surface area contributed by atoms with Crippen LogP contribution in [-0.4, -0.2) is 57.7 Å². The van der Waals surface area contributed by atoms with E-state index in [9.17, 15) is 22.4 Å². The third kappa shape index (κ3) is 5.75. The summed E-state index contributed by atoms with van der Waals surface area (Å²) in [5.41, 5.74) is 1.88. The Morgan fingerprint density at radius 3 is 2.32 bits per heavy atom. The highest BCUT2D eigenvalue weighted by atomic mass is 19.4. The Hall–Kier alpha value is -3.08. The molecule has 4 rings (SSSR count). The Balaban J connectivity index is 0.000000339. The van der Waals surface area contributed by atoms with E-state index >= 15 is 0 Å². The molecule has 2 aromatic rings. The Morgan fingerprint density at radius 2 is 1.74 bits per heavy atom. The first-order valence-electron chi connectivity index (χ1n) is 9.40. The largest absolute Gasteiger partial charge is 0.490 e. The van der Waals surface area contributed by atoms with Crippen LogP contribution in [-0.2, 0) is 16.1 Å². The van der Waals surface area contributed by atoms with E-state index in [4.69, 9.17) is 9.90 Å². The number of hydrogen-bond donors (Lipinski definition) is 1. The van der Waals surface area contributed by atoms with Crippen LogP contribution in [0.4, 0.5) is 23.2 Å². The van der Waals surface area contributed by atoms with E-state index in [0.29, 0.717) is 6.42 Å². The van der Waals surface area contributed by atoms with Crippen LogP contribution in [0.15, 0.2) is 43.0 Å². The molecule has 7 nitrogen and oxygen atoms in total. The fourth-order valence-corrected chi connectivity index (χ4v) is 3.85. The molecule has 1 aromatic carbocycles. The molecule has 11 heteroatoms. The molecule has 1 unspecified atom stereocenters. The smallest absolute Gasteiger partial charge is 0.475 e. The van der Waals surface area contributed by atoms with Gasteiger partial charge in [0.1, 0.15) is 12.1 Å². The summed E-state index contributed by atoms with van der Waals surface area (Å²) in [5, 5.41) is 7.12. The Morgan fingerprint density at radius 1 is 1.13 bits per heavy atom. The maximum Gasteiger partial charge on any atom is 0.490 e. The summed E-state index contributed by atoms with van der Waals surface area (Å²) in [6.07, 6.45) is 1.34. The number of likely N-dealkylation sites (tertiary alicyclic amines) is 1. The molecule has 2 aliphatic rings. The number of hydrogen-bond acceptors (Lipinski definition) is 5. The number of anilines is 1. The summed E-state index contributed by atoms with van der Waals surface area (Å²) in [6, 6.07) is 6.65. The zero-order chi connectivity index (χ0) is 22.6. The lowest BCUT2D eigenvalue weighted by atomic mass is 9.86. The standard InChI is InChI=1S/C18H19FN4O.C2HF3O2/c19-15-3-1-14(2-4-15)10-22-6-5-18(11-22)7-17(24)23(12-18)16-8-20-13-21-9-16;3-2(4,5)1(6)7/h1-4,8-9,13H,5-7,10-12H2;(H,6,7). The lowest BCUT2D eigenvalue weighted by Crippen LogP contribution is -2.31. The number of carbonyl (C=O) groups is 2. The first-order valence-corrected chi connectivity index (χ1v) is 9.40. The Labute approximate surface area is 175 Å². The van der Waals surface area contributed by atoms with Crippen molar-refractivity contribution in [1.82, 2.24) is 14.9 Å². The van der Waals surface area contributed by atoms with Gasteiger partial charge in [-0.1, -0.05) is 12.1 Å². The molecule has 1 N–H and O–H groups in total. The van der Waals surface area contributed by atoms with Crippen molar-refractivity contribution >= 4 is 17.6 Å². The SMILES string of the molecule is O=C(O)C(F)(F)F.O=C1CC2(CCN(Cc3ccc(F)cc3)C2)CN1c1cncnc1. The van der Waals surface area contributed by atoms with E-state index in [1.54, 1.807) is 17.3 Å². The third-order valence-electron chi connectivity index (χ3n) is 5.26. The van der Waals surface area contributed by atoms with Crippen molar-refractivity contribution < 1.29 is 32.3 Å². The highest BCUT2D eigenvalue weighted by molar-refractivity contribution is 5.96. The van der Waals surface area contributed by atoms with Crippen LogP contribution < -0.4 is 4.90 Å². The van der Waals surface area contributed by atoms with Crippen LogP contribution in [0.5, 0.6) is 0 Å². The number of aromatic nitrogens is 2. The van der Waals surface area contributed by atoms with Gasteiger partial charge >= 0.3 is 12.1 Å². The minimum absolute atomic E-state index is 0.00690. The van der Waals surface area contributed by atoms with Gasteiger partial charge in [-0.3, -0.25) is 9.69 Å². The van der Waals surface area contributed by atoms with Gasteiger partial charge in [0.2, 0.25) is 5.91 Å². The second kappa shape index (κ2) is 8.96. The fourth-order valence-electron chi connectivity index (χ4n) is 3.85. The van der Waals surface area contributed by atoms with E-state index < -0.39 is 12.1 Å². The monoisotopic (exact) mass is 440 g/mol. The normalized spacial score (nSPS) is 21.3. The van der Waals surface area contributed by atoms with E-state index in [2.05, 4.69) is 14.9 Å². The number of amides is 1. The van der Waals surface area contributed by atoms with Crippen LogP contribution in [0.2, 0.25) is 0 Å². The van der Waals surface area contributed by atoms with Crippen molar-refractivity contribution in [1.29, 1.82) is 0 Å². The van der Waals surface area contributed by atoms with Crippen LogP contribution in [0, 0.1) is 11.2 Å². The second-order valence-electron chi connectivity index (χ2n) is 7.64. The first-order chi connectivity index (χ1) is 14.6. The van der Waals surface area contributed by atoms with Crippen molar-refractivity contribution in [3.8, 4) is 0 Å². The average Bonchev–Trinajstić information content (AvgIpc) is 3.26. The van der Waals surface area contributed by atoms with E-state index in [1.807, 2.05) is 12.1 Å². The number of alkyl halides is 3. The number of rotatable bonds is 3. The van der Waals surface area contributed by atoms with Gasteiger partial charge in [-0.15, -0.1) is 0 Å². The van der Waals surface area contributed by atoms with Gasteiger partial charge in [0.15, 0.2) is 0 Å². The van der Waals surface area contributed by atoms with Gasteiger partial charge < -0.3 is 10.0 Å². The topological polar surface area (TPSA) is 86.6 Å². The van der Waals surface area contributed by atoms with Gasteiger partial charge in [-0.2, -0.15) is 13.2 Å². The zero-order valence-electron chi connectivity index (χ0n) is 16.3. The van der Waals surface area contributed by atoms with Gasteiger partial charge in [0.25, 0.3) is 0 Å². The third-order valence-corrected chi connectivity index (χ3v) is 5.26. The molecule has 0 radical (unpaired) electrons. The molecule has 0 bridgehead atoms. The maximum atomic E-state index is 13.0. The molecule has 1 spiro atoms. The molecule has 1 atom stereocenters. The lowest BCUT2D eigenvalue weighted by molar-refractivity contribution is -0.192. The Bertz CT molecular complexity index is 924. The second-order valence-corrected chi connectivity index (χ2v) is 7.64. The number of nitrogens with zero attached hydrogens (tertiary/aromatic N) is 4. The molecule has 2 fully saturated rings. The molecular formula is C20H20F4N4O3. The summed E-state index contributed by atoms with van der Waals surface area (Å²) < 4.78 is 44.8. The predicted octanol–water partition coefficient (Wildman–Crippen LogP) is 2.88. The van der Waals surface area contributed by atoms with Crippen molar-refractivity contribution in [3.63, 3.8) is 0 Å². The van der Waals surface area contributed by atoms with Crippen LogP contribution >= 0.6 is 0 Å². The minimum Gasteiger partial charge on any atom is -0.475 e. The zero-order valence-corrected chi connectivity index (χ0v) is 16.3. The molecule has 2 aliphatic heterocycles. The summed E-state index contributed by atoms with van der Waals surface area (Å²) in [6.45, 7) is 3.37. The predicted molar refractivity (Wildman–Crippen MR) is 101 cm³/mol. The first kappa shape index (κ1) is 22.6. The van der Waals surface area contributed by atoms with Crippen LogP contribution in [0.3, 0.4) is 0 Å². The molecule has 31 heavy (non-hydrogen) atoms. The number of carboxylic acids is 1. The number of carbonyl (C=O) groups excluding carboxylic acids is 1. The van der Waals surface area contributed by atoms with Gasteiger partial charge in [0, 0.05) is 31.5 Å². The quantitative estimate of drug-likeness (QED) is 0.739. The molecule has 1 amide bonds. The number of halogens is 4. The van der Waals surface area contributed by atoms with Gasteiger partial charge in [0.05, 0.1) is 18.1 Å². The summed E-state index contributed by atoms with van der Waals surface area (Å²) in [7, 11) is 0. The highest BCUT2D eigenvalue weighted by Crippen LogP contribution is 2.41. The molecule has 166 valence electrons. The fraction of sp³-hybridized carbons (Fsp3) is 0.400. The van der Waals surface area contributed by atoms with E-state index in [0.717, 1.165) is 43.9 Å². The van der Waals surface area contributed by atoms with Gasteiger partial charge in [-0.25, -0.2) is 19.2 Å². The Kier molecular flexibility index (Phi) is 6.54.